The van der Waals surface area contributed by atoms with Gasteiger partial charge in [-0.05, 0) is 41.5 Å². The summed E-state index contributed by atoms with van der Waals surface area (Å²) >= 11 is 0. The number of hydrogen-bond acceptors (Lipinski definition) is 7. The maximum absolute atomic E-state index is 12.5. The molecule has 2 amide bonds. The first-order chi connectivity index (χ1) is 15.3. The maximum atomic E-state index is 12.5. The van der Waals surface area contributed by atoms with Crippen LogP contribution in [0.25, 0.3) is 11.6 Å². The van der Waals surface area contributed by atoms with E-state index in [4.69, 9.17) is 35.2 Å². The van der Waals surface area contributed by atoms with Gasteiger partial charge in [-0.25, -0.2) is 0 Å². The van der Waals surface area contributed by atoms with Crippen LogP contribution in [0, 0.1) is 0 Å². The fourth-order valence-electron chi connectivity index (χ4n) is 3.05. The number of primary amides is 2. The van der Waals surface area contributed by atoms with Crippen LogP contribution in [0.15, 0.2) is 42.0 Å². The molecule has 0 spiro atoms. The van der Waals surface area contributed by atoms with Crippen molar-refractivity contribution in [2.45, 2.75) is 0 Å². The Bertz CT molecular complexity index is 1030. The van der Waals surface area contributed by atoms with Gasteiger partial charge in [-0.1, -0.05) is 0 Å². The fourth-order valence-corrected chi connectivity index (χ4v) is 3.05. The predicted molar refractivity (Wildman–Crippen MR) is 120 cm³/mol. The van der Waals surface area contributed by atoms with Gasteiger partial charge in [0.25, 0.3) is 0 Å². The van der Waals surface area contributed by atoms with Gasteiger partial charge >= 0.3 is 0 Å². The number of nitrogens with two attached hydrogens (primary N) is 2. The molecular weight excluding hydrogens is 416 g/mol. The van der Waals surface area contributed by atoms with Gasteiger partial charge in [0.05, 0.1) is 35.5 Å². The van der Waals surface area contributed by atoms with Gasteiger partial charge < -0.3 is 35.2 Å². The van der Waals surface area contributed by atoms with E-state index in [9.17, 15) is 9.59 Å². The van der Waals surface area contributed by atoms with Crippen LogP contribution in [0.3, 0.4) is 0 Å². The van der Waals surface area contributed by atoms with E-state index in [0.29, 0.717) is 39.9 Å². The molecule has 0 radical (unpaired) electrons. The number of rotatable bonds is 10. The molecule has 170 valence electrons. The second kappa shape index (κ2) is 10.8. The zero-order valence-corrected chi connectivity index (χ0v) is 18.6. The van der Waals surface area contributed by atoms with Crippen molar-refractivity contribution in [3.05, 3.63) is 53.1 Å². The van der Waals surface area contributed by atoms with Crippen molar-refractivity contribution in [2.24, 2.45) is 11.5 Å². The van der Waals surface area contributed by atoms with E-state index in [2.05, 4.69) is 0 Å². The first kappa shape index (κ1) is 24.1. The van der Waals surface area contributed by atoms with Crippen molar-refractivity contribution in [3.63, 3.8) is 0 Å². The molecule has 2 rings (SSSR count). The summed E-state index contributed by atoms with van der Waals surface area (Å²) in [6.07, 6.45) is 2.61. The average Bonchev–Trinajstić information content (AvgIpc) is 2.79. The third-order valence-corrected chi connectivity index (χ3v) is 4.50. The number of ether oxygens (including phenoxy) is 5. The number of amides is 2. The smallest absolute Gasteiger partial charge is 0.249 e. The van der Waals surface area contributed by atoms with Gasteiger partial charge in [-0.15, -0.1) is 0 Å². The number of carbonyl (C=O) groups excluding carboxylic acids is 2. The summed E-state index contributed by atoms with van der Waals surface area (Å²) in [5.41, 5.74) is 12.3. The van der Waals surface area contributed by atoms with E-state index in [1.165, 1.54) is 41.6 Å². The summed E-state index contributed by atoms with van der Waals surface area (Å²) < 4.78 is 26.6. The summed E-state index contributed by atoms with van der Waals surface area (Å²) in [4.78, 5) is 24.3. The highest BCUT2D eigenvalue weighted by molar-refractivity contribution is 6.15. The first-order valence-corrected chi connectivity index (χ1v) is 9.34. The van der Waals surface area contributed by atoms with Gasteiger partial charge in [0.1, 0.15) is 11.5 Å². The van der Waals surface area contributed by atoms with Crippen LogP contribution in [0.2, 0.25) is 0 Å². The van der Waals surface area contributed by atoms with Crippen molar-refractivity contribution < 1.29 is 33.3 Å². The quantitative estimate of drug-likeness (QED) is 0.426. The van der Waals surface area contributed by atoms with Crippen LogP contribution in [0.5, 0.6) is 28.7 Å². The first-order valence-electron chi connectivity index (χ1n) is 9.34. The number of methoxy groups -OCH3 is 5. The summed E-state index contributed by atoms with van der Waals surface area (Å²) in [7, 11) is 7.39. The van der Waals surface area contributed by atoms with Gasteiger partial charge in [-0.2, -0.15) is 0 Å². The molecule has 0 fully saturated rings. The Kier molecular flexibility index (Phi) is 8.11. The molecule has 2 aromatic carbocycles. The number of benzene rings is 2. The van der Waals surface area contributed by atoms with Crippen LogP contribution in [-0.2, 0) is 9.59 Å². The SMILES string of the molecule is COc1cc(OC)cc(C(=CC(N)=O)C(=Cc2cc(OC)c(OC)c(OC)c2)C(N)=O)c1. The highest BCUT2D eigenvalue weighted by Crippen LogP contribution is 2.39. The third-order valence-electron chi connectivity index (χ3n) is 4.50. The summed E-state index contributed by atoms with van der Waals surface area (Å²) in [6, 6.07) is 8.18. The molecule has 9 nitrogen and oxygen atoms in total. The standard InChI is InChI=1S/C23H26N2O7/c1-28-15-9-14(10-16(11-15)29-2)17(12-21(24)26)18(23(25)27)6-13-7-19(30-3)22(32-5)20(8-13)31-4/h6-12H,1-5H3,(H2,24,26)(H2,25,27). The van der Waals surface area contributed by atoms with Crippen LogP contribution in [0.1, 0.15) is 11.1 Å². The lowest BCUT2D eigenvalue weighted by atomic mass is 9.94. The summed E-state index contributed by atoms with van der Waals surface area (Å²) in [5.74, 6) is 0.499. The van der Waals surface area contributed by atoms with Crippen LogP contribution in [-0.4, -0.2) is 47.4 Å². The highest BCUT2D eigenvalue weighted by Gasteiger charge is 2.19. The molecule has 2 aromatic rings. The second-order valence-corrected chi connectivity index (χ2v) is 6.44. The molecule has 0 aliphatic carbocycles. The largest absolute Gasteiger partial charge is 0.497 e. The van der Waals surface area contributed by atoms with Gasteiger partial charge in [-0.3, -0.25) is 9.59 Å². The molecule has 0 atom stereocenters. The van der Waals surface area contributed by atoms with E-state index >= 15 is 0 Å². The Hall–Kier alpha value is -4.14. The van der Waals surface area contributed by atoms with Crippen molar-refractivity contribution in [3.8, 4) is 28.7 Å². The van der Waals surface area contributed by atoms with Gasteiger partial charge in [0.15, 0.2) is 11.5 Å². The minimum Gasteiger partial charge on any atom is -0.497 e. The molecule has 9 heteroatoms. The monoisotopic (exact) mass is 442 g/mol. The highest BCUT2D eigenvalue weighted by atomic mass is 16.5. The minimum atomic E-state index is -0.784. The molecule has 0 unspecified atom stereocenters. The van der Waals surface area contributed by atoms with Gasteiger partial charge in [0.2, 0.25) is 17.6 Å². The Balaban J connectivity index is 2.78. The Morgan fingerprint density at radius 2 is 1.28 bits per heavy atom. The molecule has 4 N–H and O–H groups in total. The van der Waals surface area contributed by atoms with E-state index in [0.717, 1.165) is 6.08 Å². The van der Waals surface area contributed by atoms with E-state index in [1.807, 2.05) is 0 Å². The average molecular weight is 442 g/mol. The predicted octanol–water partition coefficient (Wildman–Crippen LogP) is 2.17. The van der Waals surface area contributed by atoms with Gasteiger partial charge in [0, 0.05) is 23.3 Å². The molecular formula is C23H26N2O7. The topological polar surface area (TPSA) is 132 Å². The van der Waals surface area contributed by atoms with E-state index in [1.54, 1.807) is 30.3 Å². The molecule has 0 bridgehead atoms. The lowest BCUT2D eigenvalue weighted by molar-refractivity contribution is -0.114. The Labute approximate surface area is 186 Å². The molecule has 0 saturated carbocycles. The molecule has 0 aliphatic rings. The third kappa shape index (κ3) is 5.51. The fraction of sp³-hybridized carbons (Fsp3) is 0.217. The second-order valence-electron chi connectivity index (χ2n) is 6.44. The zero-order chi connectivity index (χ0) is 23.8. The Morgan fingerprint density at radius 3 is 1.66 bits per heavy atom. The van der Waals surface area contributed by atoms with E-state index in [-0.39, 0.29) is 11.1 Å². The maximum Gasteiger partial charge on any atom is 0.249 e. The van der Waals surface area contributed by atoms with Crippen molar-refractivity contribution in [2.75, 3.05) is 35.5 Å². The van der Waals surface area contributed by atoms with Crippen molar-refractivity contribution >= 4 is 23.5 Å². The zero-order valence-electron chi connectivity index (χ0n) is 18.6. The molecule has 0 aliphatic heterocycles. The van der Waals surface area contributed by atoms with Crippen LogP contribution < -0.4 is 35.2 Å². The van der Waals surface area contributed by atoms with Crippen LogP contribution in [0.4, 0.5) is 0 Å². The number of carbonyl (C=O) groups is 2. The van der Waals surface area contributed by atoms with Crippen molar-refractivity contribution in [1.29, 1.82) is 0 Å². The number of hydrogen-bond donors (Lipinski definition) is 2. The van der Waals surface area contributed by atoms with E-state index < -0.39 is 11.8 Å². The summed E-state index contributed by atoms with van der Waals surface area (Å²) in [5, 5.41) is 0. The lowest BCUT2D eigenvalue weighted by Crippen LogP contribution is -2.17. The Morgan fingerprint density at radius 1 is 0.750 bits per heavy atom. The minimum absolute atomic E-state index is 0.0216. The molecule has 0 aromatic heterocycles. The normalized spacial score (nSPS) is 11.5. The van der Waals surface area contributed by atoms with Crippen LogP contribution >= 0.6 is 0 Å². The lowest BCUT2D eigenvalue weighted by Gasteiger charge is -2.15. The summed E-state index contributed by atoms with van der Waals surface area (Å²) in [6.45, 7) is 0. The molecule has 0 saturated heterocycles. The molecule has 0 heterocycles. The molecule has 32 heavy (non-hydrogen) atoms. The van der Waals surface area contributed by atoms with Crippen molar-refractivity contribution in [1.82, 2.24) is 0 Å².